The van der Waals surface area contributed by atoms with Gasteiger partial charge in [0.1, 0.15) is 11.2 Å². The molecule has 0 saturated carbocycles. The molecule has 0 unspecified atom stereocenters. The van der Waals surface area contributed by atoms with E-state index in [-0.39, 0.29) is 0 Å². The minimum absolute atomic E-state index is 0.651. The second-order valence-corrected chi connectivity index (χ2v) is 16.5. The molecule has 12 aromatic rings. The van der Waals surface area contributed by atoms with E-state index in [9.17, 15) is 0 Å². The maximum absolute atomic E-state index is 6.63. The summed E-state index contributed by atoms with van der Waals surface area (Å²) in [4.78, 5) is 14.9. The number of rotatable bonds is 5. The fourth-order valence-corrected chi connectivity index (χ4v) is 10.5. The molecule has 0 aliphatic carbocycles. The zero-order valence-corrected chi connectivity index (χ0v) is 31.9. The van der Waals surface area contributed by atoms with Crippen LogP contribution in [-0.4, -0.2) is 15.0 Å². The highest BCUT2D eigenvalue weighted by molar-refractivity contribution is 7.26. The summed E-state index contributed by atoms with van der Waals surface area (Å²) in [5, 5.41) is 7.28. The molecule has 0 aliphatic rings. The van der Waals surface area contributed by atoms with Crippen molar-refractivity contribution in [3.63, 3.8) is 0 Å². The molecule has 0 bridgehead atoms. The molecule has 0 aliphatic heterocycles. The highest BCUT2D eigenvalue weighted by atomic mass is 32.1. The minimum Gasteiger partial charge on any atom is -0.456 e. The predicted molar refractivity (Wildman–Crippen MR) is 240 cm³/mol. The van der Waals surface area contributed by atoms with E-state index < -0.39 is 0 Å². The number of nitrogens with zero attached hydrogens (tertiary/aromatic N) is 3. The monoisotopic (exact) mass is 763 g/mol. The van der Waals surface area contributed by atoms with Crippen molar-refractivity contribution in [3.8, 4) is 56.4 Å². The molecule has 0 N–H and O–H groups in total. The van der Waals surface area contributed by atoms with Gasteiger partial charge in [-0.1, -0.05) is 127 Å². The third-order valence-corrected chi connectivity index (χ3v) is 13.2. The molecule has 8 aromatic carbocycles. The van der Waals surface area contributed by atoms with Gasteiger partial charge in [-0.25, -0.2) is 15.0 Å². The van der Waals surface area contributed by atoms with Crippen LogP contribution in [-0.2, 0) is 0 Å². The maximum Gasteiger partial charge on any atom is 0.164 e. The Balaban J connectivity index is 1.04. The van der Waals surface area contributed by atoms with Crippen molar-refractivity contribution in [3.05, 3.63) is 176 Å². The highest BCUT2D eigenvalue weighted by Gasteiger charge is 2.20. The Morgan fingerprint density at radius 3 is 1.74 bits per heavy atom. The molecule has 12 rings (SSSR count). The summed E-state index contributed by atoms with van der Waals surface area (Å²) in [5.74, 6) is 1.96. The minimum atomic E-state index is 0.651. The van der Waals surface area contributed by atoms with Gasteiger partial charge in [0.2, 0.25) is 0 Å². The Bertz CT molecular complexity index is 3470. The lowest BCUT2D eigenvalue weighted by atomic mass is 9.92. The number of para-hydroxylation sites is 1. The van der Waals surface area contributed by atoms with Gasteiger partial charge in [0.05, 0.1) is 0 Å². The fraction of sp³-hybridized carbons (Fsp3) is 0. The molecular weight excluding hydrogens is 735 g/mol. The van der Waals surface area contributed by atoms with Crippen LogP contribution in [0.15, 0.2) is 180 Å². The van der Waals surface area contributed by atoms with E-state index >= 15 is 0 Å². The quantitative estimate of drug-likeness (QED) is 0.175. The summed E-state index contributed by atoms with van der Waals surface area (Å²) in [7, 11) is 0. The fourth-order valence-electron chi connectivity index (χ4n) is 8.27. The van der Waals surface area contributed by atoms with Crippen molar-refractivity contribution >= 4 is 85.0 Å². The van der Waals surface area contributed by atoms with Gasteiger partial charge in [-0.2, -0.15) is 0 Å². The Morgan fingerprint density at radius 2 is 0.947 bits per heavy atom. The molecule has 0 saturated heterocycles. The van der Waals surface area contributed by atoms with Crippen LogP contribution in [0.25, 0.3) is 119 Å². The van der Waals surface area contributed by atoms with Gasteiger partial charge in [0, 0.05) is 67.8 Å². The third-order valence-electron chi connectivity index (χ3n) is 10.9. The molecule has 0 spiro atoms. The van der Waals surface area contributed by atoms with Crippen LogP contribution >= 0.6 is 22.7 Å². The first-order valence-corrected chi connectivity index (χ1v) is 20.6. The van der Waals surface area contributed by atoms with Crippen LogP contribution in [0.4, 0.5) is 0 Å². The molecule has 6 heteroatoms. The molecule has 0 atom stereocenters. The van der Waals surface area contributed by atoms with Crippen molar-refractivity contribution in [2.75, 3.05) is 0 Å². The second kappa shape index (κ2) is 12.8. The summed E-state index contributed by atoms with van der Waals surface area (Å²) >= 11 is 3.65. The van der Waals surface area contributed by atoms with E-state index in [4.69, 9.17) is 19.4 Å². The van der Waals surface area contributed by atoms with Crippen molar-refractivity contribution in [1.82, 2.24) is 15.0 Å². The van der Waals surface area contributed by atoms with Gasteiger partial charge in [0.25, 0.3) is 0 Å². The molecular formula is C51H29N3OS2. The summed E-state index contributed by atoms with van der Waals surface area (Å²) in [6, 6.07) is 62.1. The lowest BCUT2D eigenvalue weighted by Crippen LogP contribution is -1.99. The zero-order chi connectivity index (χ0) is 37.5. The topological polar surface area (TPSA) is 51.8 Å². The van der Waals surface area contributed by atoms with E-state index in [1.165, 1.54) is 57.0 Å². The molecule has 0 fully saturated rings. The first-order chi connectivity index (χ1) is 28.2. The molecule has 4 heterocycles. The van der Waals surface area contributed by atoms with Crippen LogP contribution < -0.4 is 0 Å². The number of hydrogen-bond donors (Lipinski definition) is 0. The largest absolute Gasteiger partial charge is 0.456 e. The number of thiophene rings is 2. The molecule has 0 radical (unpaired) electrons. The van der Waals surface area contributed by atoms with Gasteiger partial charge < -0.3 is 4.42 Å². The van der Waals surface area contributed by atoms with Crippen LogP contribution in [0.3, 0.4) is 0 Å². The van der Waals surface area contributed by atoms with Crippen molar-refractivity contribution in [2.24, 2.45) is 0 Å². The Morgan fingerprint density at radius 1 is 0.316 bits per heavy atom. The zero-order valence-electron chi connectivity index (χ0n) is 30.3. The molecule has 266 valence electrons. The standard InChI is InChI=1S/C51H29N3OS2/c1-3-12-30(13-4-1)49-52-50(31-14-5-2-6-15-31)54-51(53-49)33-22-24-38-46(29-33)57-45-21-11-18-35(48(38)45)34-27-39(47-37-17-7-9-19-41(37)55-42(47)28-34)32-23-25-44-40(26-32)36-16-8-10-20-43(36)56-44/h1-29H. The number of fused-ring (bicyclic) bond motifs is 9. The smallest absolute Gasteiger partial charge is 0.164 e. The van der Waals surface area contributed by atoms with Crippen LogP contribution in [0.2, 0.25) is 0 Å². The number of aromatic nitrogens is 3. The van der Waals surface area contributed by atoms with Crippen LogP contribution in [0.1, 0.15) is 0 Å². The van der Waals surface area contributed by atoms with E-state index in [2.05, 4.69) is 109 Å². The van der Waals surface area contributed by atoms with Gasteiger partial charge in [0.15, 0.2) is 17.5 Å². The lowest BCUT2D eigenvalue weighted by Gasteiger charge is -2.11. The van der Waals surface area contributed by atoms with Crippen LogP contribution in [0.5, 0.6) is 0 Å². The third kappa shape index (κ3) is 5.30. The van der Waals surface area contributed by atoms with E-state index in [0.717, 1.165) is 44.2 Å². The van der Waals surface area contributed by atoms with E-state index in [0.29, 0.717) is 17.5 Å². The molecule has 0 amide bonds. The summed E-state index contributed by atoms with van der Waals surface area (Å²) in [5.41, 5.74) is 9.29. The molecule has 57 heavy (non-hydrogen) atoms. The first kappa shape index (κ1) is 32.3. The Labute approximate surface area is 335 Å². The van der Waals surface area contributed by atoms with Gasteiger partial charge >= 0.3 is 0 Å². The van der Waals surface area contributed by atoms with Crippen molar-refractivity contribution < 1.29 is 4.42 Å². The predicted octanol–water partition coefficient (Wildman–Crippen LogP) is 14.8. The normalized spacial score (nSPS) is 11.9. The summed E-state index contributed by atoms with van der Waals surface area (Å²) in [6.07, 6.45) is 0. The first-order valence-electron chi connectivity index (χ1n) is 18.9. The molecule has 4 nitrogen and oxygen atoms in total. The molecule has 4 aromatic heterocycles. The number of hydrogen-bond acceptors (Lipinski definition) is 6. The number of benzene rings is 8. The Hall–Kier alpha value is -6.99. The summed E-state index contributed by atoms with van der Waals surface area (Å²) < 4.78 is 11.6. The van der Waals surface area contributed by atoms with Crippen molar-refractivity contribution in [2.45, 2.75) is 0 Å². The highest BCUT2D eigenvalue weighted by Crippen LogP contribution is 2.46. The summed E-state index contributed by atoms with van der Waals surface area (Å²) in [6.45, 7) is 0. The van der Waals surface area contributed by atoms with Gasteiger partial charge in [-0.15, -0.1) is 22.7 Å². The second-order valence-electron chi connectivity index (χ2n) is 14.3. The average Bonchev–Trinajstić information content (AvgIpc) is 3.97. The van der Waals surface area contributed by atoms with E-state index in [1.54, 1.807) is 11.3 Å². The van der Waals surface area contributed by atoms with Crippen molar-refractivity contribution in [1.29, 1.82) is 0 Å². The lowest BCUT2D eigenvalue weighted by molar-refractivity contribution is 0.669. The Kier molecular flexibility index (Phi) is 7.24. The number of furan rings is 1. The maximum atomic E-state index is 6.63. The van der Waals surface area contributed by atoms with Crippen LogP contribution in [0, 0.1) is 0 Å². The van der Waals surface area contributed by atoms with Gasteiger partial charge in [-0.3, -0.25) is 0 Å². The average molecular weight is 764 g/mol. The van der Waals surface area contributed by atoms with E-state index in [1.807, 2.05) is 78.1 Å². The SMILES string of the molecule is c1ccc(-c2nc(-c3ccccc3)nc(-c3ccc4c(c3)sc3cccc(-c5cc(-c6ccc7sc8ccccc8c7c6)c6c(c5)oc5ccccc56)c34)n2)cc1. The van der Waals surface area contributed by atoms with Gasteiger partial charge in [-0.05, 0) is 70.8 Å².